The van der Waals surface area contributed by atoms with Gasteiger partial charge < -0.3 is 10.5 Å². The summed E-state index contributed by atoms with van der Waals surface area (Å²) in [6, 6.07) is 10.3. The van der Waals surface area contributed by atoms with Crippen LogP contribution >= 0.6 is 0 Å². The lowest BCUT2D eigenvalue weighted by Gasteiger charge is -2.06. The van der Waals surface area contributed by atoms with E-state index in [4.69, 9.17) is 10.5 Å². The number of aryl methyl sites for hydroxylation is 1. The number of hydrogen-bond acceptors (Lipinski definition) is 3. The summed E-state index contributed by atoms with van der Waals surface area (Å²) in [5, 5.41) is 0. The number of benzene rings is 1. The molecule has 3 heteroatoms. The van der Waals surface area contributed by atoms with Crippen molar-refractivity contribution in [2.45, 2.75) is 19.4 Å². The average Bonchev–Trinajstić information content (AvgIpc) is 2.81. The van der Waals surface area contributed by atoms with Gasteiger partial charge in [-0.2, -0.15) is 0 Å². The van der Waals surface area contributed by atoms with Crippen molar-refractivity contribution in [2.24, 2.45) is 5.73 Å². The van der Waals surface area contributed by atoms with Crippen molar-refractivity contribution >= 4 is 0 Å². The van der Waals surface area contributed by atoms with E-state index >= 15 is 0 Å². The van der Waals surface area contributed by atoms with E-state index in [9.17, 15) is 0 Å². The molecule has 92 valence electrons. The van der Waals surface area contributed by atoms with Gasteiger partial charge >= 0.3 is 0 Å². The Hall–Kier alpha value is -1.87. The van der Waals surface area contributed by atoms with Gasteiger partial charge in [0.15, 0.2) is 0 Å². The number of hydrogen-bond donors (Lipinski definition) is 1. The molecular weight excluding hydrogens is 224 g/mol. The third-order valence-electron chi connectivity index (χ3n) is 3.27. The van der Waals surface area contributed by atoms with Crippen LogP contribution in [0.1, 0.15) is 11.1 Å². The topological polar surface area (TPSA) is 48.1 Å². The van der Waals surface area contributed by atoms with Crippen LogP contribution < -0.4 is 10.5 Å². The minimum Gasteiger partial charge on any atom is -0.488 e. The van der Waals surface area contributed by atoms with Crippen LogP contribution in [0.4, 0.5) is 0 Å². The highest BCUT2D eigenvalue weighted by Crippen LogP contribution is 2.32. The molecule has 3 rings (SSSR count). The van der Waals surface area contributed by atoms with E-state index in [-0.39, 0.29) is 6.10 Å². The van der Waals surface area contributed by atoms with Gasteiger partial charge in [0, 0.05) is 24.7 Å². The maximum absolute atomic E-state index is 5.72. The maximum atomic E-state index is 5.72. The largest absolute Gasteiger partial charge is 0.488 e. The molecular formula is C15H16N2O. The lowest BCUT2D eigenvalue weighted by atomic mass is 10.0. The highest BCUT2D eigenvalue weighted by Gasteiger charge is 2.21. The summed E-state index contributed by atoms with van der Waals surface area (Å²) in [7, 11) is 0. The van der Waals surface area contributed by atoms with Gasteiger partial charge in [-0.05, 0) is 42.3 Å². The minimum atomic E-state index is 0.126. The fraction of sp³-hybridized carbons (Fsp3) is 0.267. The number of ether oxygens (including phenoxy) is 1. The molecule has 0 bridgehead atoms. The predicted octanol–water partition coefficient (Wildman–Crippen LogP) is 2.32. The summed E-state index contributed by atoms with van der Waals surface area (Å²) in [6.45, 7) is 2.60. The molecule has 3 nitrogen and oxygen atoms in total. The first kappa shape index (κ1) is 11.2. The molecule has 0 spiro atoms. The lowest BCUT2D eigenvalue weighted by molar-refractivity contribution is 0.241. The smallest absolute Gasteiger partial charge is 0.123 e. The molecule has 1 unspecified atom stereocenters. The molecule has 2 heterocycles. The summed E-state index contributed by atoms with van der Waals surface area (Å²) in [4.78, 5) is 4.45. The van der Waals surface area contributed by atoms with E-state index in [0.29, 0.717) is 6.54 Å². The van der Waals surface area contributed by atoms with Crippen LogP contribution in [-0.2, 0) is 6.42 Å². The van der Waals surface area contributed by atoms with Gasteiger partial charge in [0.25, 0.3) is 0 Å². The third kappa shape index (κ3) is 1.97. The molecule has 0 amide bonds. The summed E-state index contributed by atoms with van der Waals surface area (Å²) < 4.78 is 5.72. The number of pyridine rings is 1. The first-order chi connectivity index (χ1) is 8.76. The Bertz CT molecular complexity index is 563. The normalized spacial score (nSPS) is 17.3. The second-order valence-electron chi connectivity index (χ2n) is 4.72. The van der Waals surface area contributed by atoms with Crippen molar-refractivity contribution < 1.29 is 4.74 Å². The molecule has 1 aromatic heterocycles. The van der Waals surface area contributed by atoms with E-state index in [1.165, 1.54) is 11.1 Å². The van der Waals surface area contributed by atoms with Crippen molar-refractivity contribution in [1.82, 2.24) is 4.98 Å². The Balaban J connectivity index is 1.94. The summed E-state index contributed by atoms with van der Waals surface area (Å²) in [5.41, 5.74) is 10.2. The zero-order valence-electron chi connectivity index (χ0n) is 10.4. The number of nitrogens with two attached hydrogens (primary N) is 1. The standard InChI is InChI=1S/C15H16N2O/c1-10-2-4-14(17-9-10)11-3-5-15-12(6-11)7-13(8-16)18-15/h2-6,9,13H,7-8,16H2,1H3. The summed E-state index contributed by atoms with van der Waals surface area (Å²) in [5.74, 6) is 0.960. The van der Waals surface area contributed by atoms with Crippen molar-refractivity contribution in [1.29, 1.82) is 0 Å². The Morgan fingerprint density at radius 3 is 2.94 bits per heavy atom. The van der Waals surface area contributed by atoms with Crippen LogP contribution in [-0.4, -0.2) is 17.6 Å². The van der Waals surface area contributed by atoms with E-state index in [0.717, 1.165) is 23.4 Å². The zero-order valence-corrected chi connectivity index (χ0v) is 10.4. The number of rotatable bonds is 2. The van der Waals surface area contributed by atoms with E-state index < -0.39 is 0 Å². The van der Waals surface area contributed by atoms with Crippen LogP contribution in [0.3, 0.4) is 0 Å². The minimum absolute atomic E-state index is 0.126. The van der Waals surface area contributed by atoms with Crippen molar-refractivity contribution in [3.8, 4) is 17.0 Å². The second-order valence-corrected chi connectivity index (χ2v) is 4.72. The molecule has 1 atom stereocenters. The predicted molar refractivity (Wildman–Crippen MR) is 71.6 cm³/mol. The Kier molecular flexibility index (Phi) is 2.76. The van der Waals surface area contributed by atoms with Gasteiger partial charge in [-0.15, -0.1) is 0 Å². The van der Waals surface area contributed by atoms with E-state index in [1.54, 1.807) is 0 Å². The van der Waals surface area contributed by atoms with Crippen molar-refractivity contribution in [3.63, 3.8) is 0 Å². The number of fused-ring (bicyclic) bond motifs is 1. The monoisotopic (exact) mass is 240 g/mol. The Labute approximate surface area is 107 Å². The molecule has 1 aromatic carbocycles. The fourth-order valence-electron chi connectivity index (χ4n) is 2.25. The van der Waals surface area contributed by atoms with Gasteiger partial charge in [0.05, 0.1) is 5.69 Å². The van der Waals surface area contributed by atoms with Crippen LogP contribution in [0.2, 0.25) is 0 Å². The molecule has 1 aliphatic rings. The molecule has 1 aliphatic heterocycles. The van der Waals surface area contributed by atoms with Crippen molar-refractivity contribution in [2.75, 3.05) is 6.54 Å². The zero-order chi connectivity index (χ0) is 12.5. The first-order valence-electron chi connectivity index (χ1n) is 6.19. The van der Waals surface area contributed by atoms with Gasteiger partial charge in [-0.1, -0.05) is 6.07 Å². The van der Waals surface area contributed by atoms with E-state index in [1.807, 2.05) is 25.3 Å². The average molecular weight is 240 g/mol. The van der Waals surface area contributed by atoms with Crippen LogP contribution in [0.25, 0.3) is 11.3 Å². The molecule has 0 aliphatic carbocycles. The molecule has 0 radical (unpaired) electrons. The third-order valence-corrected chi connectivity index (χ3v) is 3.27. The van der Waals surface area contributed by atoms with Gasteiger partial charge in [0.2, 0.25) is 0 Å². The maximum Gasteiger partial charge on any atom is 0.123 e. The van der Waals surface area contributed by atoms with Crippen LogP contribution in [0, 0.1) is 6.92 Å². The van der Waals surface area contributed by atoms with Gasteiger partial charge in [-0.25, -0.2) is 0 Å². The van der Waals surface area contributed by atoms with Crippen LogP contribution in [0.5, 0.6) is 5.75 Å². The summed E-state index contributed by atoms with van der Waals surface area (Å²) >= 11 is 0. The first-order valence-corrected chi connectivity index (χ1v) is 6.19. The molecule has 0 fully saturated rings. The van der Waals surface area contributed by atoms with Gasteiger partial charge in [0.1, 0.15) is 11.9 Å². The summed E-state index contributed by atoms with van der Waals surface area (Å²) in [6.07, 6.45) is 2.91. The van der Waals surface area contributed by atoms with E-state index in [2.05, 4.69) is 23.2 Å². The Morgan fingerprint density at radius 2 is 2.22 bits per heavy atom. The van der Waals surface area contributed by atoms with Crippen LogP contribution in [0.15, 0.2) is 36.5 Å². The highest BCUT2D eigenvalue weighted by molar-refractivity contribution is 5.62. The molecule has 18 heavy (non-hydrogen) atoms. The van der Waals surface area contributed by atoms with Crippen molar-refractivity contribution in [3.05, 3.63) is 47.7 Å². The second kappa shape index (κ2) is 4.42. The quantitative estimate of drug-likeness (QED) is 0.876. The molecule has 2 N–H and O–H groups in total. The lowest BCUT2D eigenvalue weighted by Crippen LogP contribution is -2.24. The number of nitrogens with zero attached hydrogens (tertiary/aromatic N) is 1. The fourth-order valence-corrected chi connectivity index (χ4v) is 2.25. The molecule has 2 aromatic rings. The number of aromatic nitrogens is 1. The highest BCUT2D eigenvalue weighted by atomic mass is 16.5. The van der Waals surface area contributed by atoms with Gasteiger partial charge in [-0.3, -0.25) is 4.98 Å². The molecule has 0 saturated heterocycles. The molecule has 0 saturated carbocycles. The Morgan fingerprint density at radius 1 is 1.33 bits per heavy atom. The SMILES string of the molecule is Cc1ccc(-c2ccc3c(c2)CC(CN)O3)nc1.